The van der Waals surface area contributed by atoms with Crippen molar-refractivity contribution in [1.29, 1.82) is 0 Å². The molecule has 0 aliphatic heterocycles. The first-order valence-electron chi connectivity index (χ1n) is 13.5. The number of carbonyl (C=O) groups excluding carboxylic acids is 2. The zero-order valence-electron chi connectivity index (χ0n) is 24.7. The Morgan fingerprint density at radius 3 is 2.27 bits per heavy atom. The maximum Gasteiger partial charge on any atom is 0.326 e. The average Bonchev–Trinajstić information content (AvgIpc) is 3.02. The van der Waals surface area contributed by atoms with Gasteiger partial charge in [0.25, 0.3) is 11.6 Å². The second-order valence-electron chi connectivity index (χ2n) is 9.69. The maximum absolute atomic E-state index is 13.7. The number of amides is 1. The van der Waals surface area contributed by atoms with Crippen molar-refractivity contribution in [2.24, 2.45) is 0 Å². The number of esters is 1. The van der Waals surface area contributed by atoms with Crippen LogP contribution in [-0.4, -0.2) is 63.2 Å². The number of rotatable bonds is 12. The van der Waals surface area contributed by atoms with E-state index in [2.05, 4.69) is 10.0 Å². The van der Waals surface area contributed by atoms with Crippen molar-refractivity contribution in [1.82, 2.24) is 14.6 Å². The smallest absolute Gasteiger partial charge is 0.326 e. The number of sulfonamides is 1. The van der Waals surface area contributed by atoms with E-state index in [1.54, 1.807) is 32.0 Å². The third-order valence-corrected chi connectivity index (χ3v) is 8.24. The van der Waals surface area contributed by atoms with E-state index in [0.717, 1.165) is 5.56 Å². The molecule has 1 heterocycles. The Balaban J connectivity index is 1.75. The monoisotopic (exact) mass is 638 g/mol. The number of nitrogens with zero attached hydrogens (tertiary/aromatic N) is 2. The Bertz CT molecular complexity index is 1920. The Kier molecular flexibility index (Phi) is 9.84. The summed E-state index contributed by atoms with van der Waals surface area (Å²) in [5, 5.41) is 13.7. The molecule has 0 fully saturated rings. The SMILES string of the molecule is CCOC(=O)[C@H](CNC(=O)c1cn(-c2ccc([N+](=O)[O-])cc2)c2cc(OC)cc(OC)c2c1=O)NS(=O)(=O)c1ccc(C)cc1. The Hall–Kier alpha value is -5.28. The molecule has 0 saturated carbocycles. The highest BCUT2D eigenvalue weighted by atomic mass is 32.2. The number of hydrogen-bond acceptors (Lipinski definition) is 10. The van der Waals surface area contributed by atoms with Gasteiger partial charge >= 0.3 is 5.97 Å². The topological polar surface area (TPSA) is 185 Å². The second kappa shape index (κ2) is 13.6. The number of carbonyl (C=O) groups is 2. The third kappa shape index (κ3) is 7.11. The lowest BCUT2D eigenvalue weighted by Crippen LogP contribution is -2.49. The van der Waals surface area contributed by atoms with Gasteiger partial charge in [0.2, 0.25) is 15.5 Å². The summed E-state index contributed by atoms with van der Waals surface area (Å²) >= 11 is 0. The lowest BCUT2D eigenvalue weighted by Gasteiger charge is -2.19. The van der Waals surface area contributed by atoms with Gasteiger partial charge in [-0.3, -0.25) is 24.5 Å². The van der Waals surface area contributed by atoms with Crippen LogP contribution < -0.4 is 24.9 Å². The molecule has 0 aliphatic rings. The van der Waals surface area contributed by atoms with Crippen molar-refractivity contribution < 1.29 is 37.1 Å². The summed E-state index contributed by atoms with van der Waals surface area (Å²) in [5.41, 5.74) is 0.187. The summed E-state index contributed by atoms with van der Waals surface area (Å²) in [6.45, 7) is 2.72. The number of non-ortho nitro benzene ring substituents is 1. The minimum Gasteiger partial charge on any atom is -0.497 e. The molecule has 0 spiro atoms. The van der Waals surface area contributed by atoms with Crippen molar-refractivity contribution in [3.05, 3.63) is 98.3 Å². The van der Waals surface area contributed by atoms with Crippen LogP contribution in [0.25, 0.3) is 16.6 Å². The van der Waals surface area contributed by atoms with Crippen LogP contribution in [0.4, 0.5) is 5.69 Å². The number of aryl methyl sites for hydroxylation is 1. The highest BCUT2D eigenvalue weighted by molar-refractivity contribution is 7.89. The van der Waals surface area contributed by atoms with E-state index in [9.17, 15) is 32.9 Å². The predicted octanol–water partition coefficient (Wildman–Crippen LogP) is 2.86. The van der Waals surface area contributed by atoms with Gasteiger partial charge in [-0.2, -0.15) is 4.72 Å². The van der Waals surface area contributed by atoms with Crippen LogP contribution in [0.15, 0.2) is 76.6 Å². The van der Waals surface area contributed by atoms with Crippen molar-refractivity contribution in [3.8, 4) is 17.2 Å². The van der Waals surface area contributed by atoms with Crippen LogP contribution in [0.2, 0.25) is 0 Å². The molecule has 45 heavy (non-hydrogen) atoms. The molecule has 0 saturated heterocycles. The fourth-order valence-corrected chi connectivity index (χ4v) is 5.64. The lowest BCUT2D eigenvalue weighted by molar-refractivity contribution is -0.384. The van der Waals surface area contributed by atoms with Gasteiger partial charge in [-0.15, -0.1) is 0 Å². The molecule has 14 nitrogen and oxygen atoms in total. The van der Waals surface area contributed by atoms with E-state index < -0.39 is 44.8 Å². The largest absolute Gasteiger partial charge is 0.497 e. The van der Waals surface area contributed by atoms with Crippen LogP contribution in [0.5, 0.6) is 11.5 Å². The van der Waals surface area contributed by atoms with E-state index in [0.29, 0.717) is 11.4 Å². The summed E-state index contributed by atoms with van der Waals surface area (Å²) < 4.78 is 45.6. The molecular formula is C30H30N4O10S. The first-order chi connectivity index (χ1) is 21.4. The van der Waals surface area contributed by atoms with Crippen LogP contribution in [0.1, 0.15) is 22.8 Å². The molecule has 4 aromatic rings. The number of nitrogens with one attached hydrogen (secondary N) is 2. The number of nitro benzene ring substituents is 1. The van der Waals surface area contributed by atoms with Crippen LogP contribution in [-0.2, 0) is 19.6 Å². The van der Waals surface area contributed by atoms with E-state index in [1.165, 1.54) is 67.4 Å². The minimum atomic E-state index is -4.20. The van der Waals surface area contributed by atoms with Crippen molar-refractivity contribution in [2.75, 3.05) is 27.4 Å². The molecule has 1 aromatic heterocycles. The number of pyridine rings is 1. The first kappa shape index (κ1) is 32.6. The molecule has 4 rings (SSSR count). The van der Waals surface area contributed by atoms with Crippen LogP contribution in [0, 0.1) is 17.0 Å². The van der Waals surface area contributed by atoms with Gasteiger partial charge in [0, 0.05) is 42.7 Å². The summed E-state index contributed by atoms with van der Waals surface area (Å²) in [5.74, 6) is -1.44. The number of nitro groups is 1. The highest BCUT2D eigenvalue weighted by Crippen LogP contribution is 2.31. The predicted molar refractivity (Wildman–Crippen MR) is 164 cm³/mol. The van der Waals surface area contributed by atoms with Crippen molar-refractivity contribution >= 4 is 38.5 Å². The molecule has 236 valence electrons. The van der Waals surface area contributed by atoms with Crippen LogP contribution >= 0.6 is 0 Å². The average molecular weight is 639 g/mol. The zero-order valence-corrected chi connectivity index (χ0v) is 25.5. The molecule has 3 aromatic carbocycles. The molecule has 1 atom stereocenters. The van der Waals surface area contributed by atoms with Gasteiger partial charge in [0.05, 0.1) is 41.5 Å². The molecule has 0 bridgehead atoms. The number of methoxy groups -OCH3 is 2. The quantitative estimate of drug-likeness (QED) is 0.133. The molecule has 15 heteroatoms. The summed E-state index contributed by atoms with van der Waals surface area (Å²) in [6, 6.07) is 12.8. The molecule has 0 radical (unpaired) electrons. The zero-order chi connectivity index (χ0) is 32.9. The maximum atomic E-state index is 13.7. The normalized spacial score (nSPS) is 11.9. The van der Waals surface area contributed by atoms with Crippen molar-refractivity contribution in [3.63, 3.8) is 0 Å². The fourth-order valence-electron chi connectivity index (χ4n) is 4.45. The van der Waals surface area contributed by atoms with E-state index in [1.807, 2.05) is 0 Å². The third-order valence-electron chi connectivity index (χ3n) is 6.75. The van der Waals surface area contributed by atoms with E-state index in [-0.39, 0.29) is 39.4 Å². The summed E-state index contributed by atoms with van der Waals surface area (Å²) in [4.78, 5) is 50.5. The number of ether oxygens (including phenoxy) is 3. The molecule has 2 N–H and O–H groups in total. The Morgan fingerprint density at radius 2 is 1.69 bits per heavy atom. The number of hydrogen-bond donors (Lipinski definition) is 2. The summed E-state index contributed by atoms with van der Waals surface area (Å²) in [6.07, 6.45) is 1.23. The van der Waals surface area contributed by atoms with Gasteiger partial charge < -0.3 is 24.1 Å². The number of aromatic nitrogens is 1. The van der Waals surface area contributed by atoms with Gasteiger partial charge in [0.1, 0.15) is 23.1 Å². The first-order valence-corrected chi connectivity index (χ1v) is 15.0. The fraction of sp³-hybridized carbons (Fsp3) is 0.233. The second-order valence-corrected chi connectivity index (χ2v) is 11.4. The van der Waals surface area contributed by atoms with Crippen LogP contribution in [0.3, 0.4) is 0 Å². The molecule has 1 amide bonds. The summed E-state index contributed by atoms with van der Waals surface area (Å²) in [7, 11) is -1.45. The molecule has 0 unspecified atom stereocenters. The Morgan fingerprint density at radius 1 is 1.02 bits per heavy atom. The van der Waals surface area contributed by atoms with Crippen molar-refractivity contribution in [2.45, 2.75) is 24.8 Å². The standard InChI is InChI=1S/C30H30N4O10S/c1-5-44-30(37)24(32-45(40,41)22-12-6-18(2)7-13-22)16-31-29(36)23-17-33(19-8-10-20(11-9-19)34(38)39)25-14-21(42-3)15-26(43-4)27(25)28(23)35/h6-15,17,24,32H,5,16H2,1-4H3,(H,31,36)/t24-/m0/s1. The van der Waals surface area contributed by atoms with Gasteiger partial charge in [-0.1, -0.05) is 17.7 Å². The van der Waals surface area contributed by atoms with E-state index >= 15 is 0 Å². The molecule has 0 aliphatic carbocycles. The van der Waals surface area contributed by atoms with Gasteiger partial charge in [0.15, 0.2) is 0 Å². The highest BCUT2D eigenvalue weighted by Gasteiger charge is 2.28. The lowest BCUT2D eigenvalue weighted by atomic mass is 10.1. The Labute approximate surface area is 257 Å². The molecular weight excluding hydrogens is 608 g/mol. The van der Waals surface area contributed by atoms with E-state index in [4.69, 9.17) is 14.2 Å². The van der Waals surface area contributed by atoms with Gasteiger partial charge in [-0.25, -0.2) is 8.42 Å². The van der Waals surface area contributed by atoms with Gasteiger partial charge in [-0.05, 0) is 38.1 Å². The number of fused-ring (bicyclic) bond motifs is 1. The minimum absolute atomic E-state index is 0.00585. The number of benzene rings is 3.